The van der Waals surface area contributed by atoms with Gasteiger partial charge in [0, 0.05) is 6.20 Å². The molecule has 3 aromatic rings. The summed E-state index contributed by atoms with van der Waals surface area (Å²) >= 11 is 5.97. The number of carboxylic acids is 1. The van der Waals surface area contributed by atoms with E-state index in [0.717, 1.165) is 0 Å². The van der Waals surface area contributed by atoms with Gasteiger partial charge >= 0.3 is 5.97 Å². The van der Waals surface area contributed by atoms with Gasteiger partial charge in [-0.3, -0.25) is 4.40 Å². The van der Waals surface area contributed by atoms with Crippen molar-refractivity contribution in [3.8, 4) is 0 Å². The van der Waals surface area contributed by atoms with E-state index < -0.39 is 11.8 Å². The van der Waals surface area contributed by atoms with Crippen LogP contribution in [0.2, 0.25) is 5.02 Å². The van der Waals surface area contributed by atoms with Crippen LogP contribution in [0.4, 0.5) is 15.9 Å². The summed E-state index contributed by atoms with van der Waals surface area (Å²) in [5.41, 5.74) is 0.665. The predicted molar refractivity (Wildman–Crippen MR) is 76.8 cm³/mol. The molecule has 0 aliphatic carbocycles. The third kappa shape index (κ3) is 2.41. The fourth-order valence-electron chi connectivity index (χ4n) is 2.01. The lowest BCUT2D eigenvalue weighted by Gasteiger charge is -2.06. The number of anilines is 2. The Morgan fingerprint density at radius 1 is 1.33 bits per heavy atom. The Labute approximate surface area is 123 Å². The summed E-state index contributed by atoms with van der Waals surface area (Å²) in [6.45, 7) is 0. The molecule has 0 saturated carbocycles. The zero-order chi connectivity index (χ0) is 15.0. The number of hydrogen-bond donors (Lipinski definition) is 2. The summed E-state index contributed by atoms with van der Waals surface area (Å²) in [6, 6.07) is 8.89. The number of imidazole rings is 1. The average Bonchev–Trinajstić information content (AvgIpc) is 2.80. The van der Waals surface area contributed by atoms with Gasteiger partial charge in [0.05, 0.1) is 10.7 Å². The molecule has 21 heavy (non-hydrogen) atoms. The minimum atomic E-state index is -1.15. The molecule has 2 aromatic heterocycles. The van der Waals surface area contributed by atoms with Crippen molar-refractivity contribution in [2.45, 2.75) is 0 Å². The van der Waals surface area contributed by atoms with E-state index in [0.29, 0.717) is 5.65 Å². The summed E-state index contributed by atoms with van der Waals surface area (Å²) in [5, 5.41) is 12.4. The Hall–Kier alpha value is -2.60. The van der Waals surface area contributed by atoms with Crippen LogP contribution in [0.3, 0.4) is 0 Å². The summed E-state index contributed by atoms with van der Waals surface area (Å²) in [4.78, 5) is 15.6. The Bertz CT molecular complexity index is 847. The number of rotatable bonds is 3. The molecule has 2 heterocycles. The van der Waals surface area contributed by atoms with Crippen LogP contribution in [-0.2, 0) is 0 Å². The highest BCUT2D eigenvalue weighted by atomic mass is 35.5. The maximum Gasteiger partial charge on any atom is 0.356 e. The lowest BCUT2D eigenvalue weighted by molar-refractivity contribution is 0.0690. The maximum absolute atomic E-state index is 13.3. The molecule has 0 radical (unpaired) electrons. The highest BCUT2D eigenvalue weighted by Crippen LogP contribution is 2.28. The molecule has 0 unspecified atom stereocenters. The lowest BCUT2D eigenvalue weighted by Crippen LogP contribution is -2.05. The number of nitrogens with zero attached hydrogens (tertiary/aromatic N) is 2. The normalized spacial score (nSPS) is 10.8. The minimum Gasteiger partial charge on any atom is -0.476 e. The first-order valence-electron chi connectivity index (χ1n) is 5.99. The van der Waals surface area contributed by atoms with E-state index >= 15 is 0 Å². The third-order valence-electron chi connectivity index (χ3n) is 2.91. The number of hydrogen-bond acceptors (Lipinski definition) is 3. The quantitative estimate of drug-likeness (QED) is 0.776. The van der Waals surface area contributed by atoms with Gasteiger partial charge < -0.3 is 10.4 Å². The number of pyridine rings is 1. The van der Waals surface area contributed by atoms with Crippen molar-refractivity contribution in [3.05, 3.63) is 59.1 Å². The Morgan fingerprint density at radius 3 is 2.90 bits per heavy atom. The molecule has 0 aliphatic rings. The molecule has 0 fully saturated rings. The van der Waals surface area contributed by atoms with E-state index in [1.54, 1.807) is 24.4 Å². The van der Waals surface area contributed by atoms with Crippen molar-refractivity contribution in [3.63, 3.8) is 0 Å². The van der Waals surface area contributed by atoms with Crippen molar-refractivity contribution in [1.29, 1.82) is 0 Å². The molecular formula is C14H9ClFN3O2. The number of carboxylic acid groups (broad SMARTS) is 1. The van der Waals surface area contributed by atoms with Gasteiger partial charge in [-0.1, -0.05) is 17.7 Å². The highest BCUT2D eigenvalue weighted by molar-refractivity contribution is 6.33. The fourth-order valence-corrected chi connectivity index (χ4v) is 2.17. The van der Waals surface area contributed by atoms with Crippen LogP contribution in [0.25, 0.3) is 5.65 Å². The van der Waals surface area contributed by atoms with Crippen molar-refractivity contribution < 1.29 is 14.3 Å². The fraction of sp³-hybridized carbons (Fsp3) is 0. The number of carbonyl (C=O) groups is 1. The van der Waals surface area contributed by atoms with Crippen LogP contribution in [0.5, 0.6) is 0 Å². The van der Waals surface area contributed by atoms with Crippen LogP contribution in [0, 0.1) is 5.82 Å². The molecule has 0 atom stereocenters. The van der Waals surface area contributed by atoms with Gasteiger partial charge in [0.1, 0.15) is 11.5 Å². The molecule has 2 N–H and O–H groups in total. The second-order valence-corrected chi connectivity index (χ2v) is 4.70. The summed E-state index contributed by atoms with van der Waals surface area (Å²) in [6.07, 6.45) is 1.59. The smallest absolute Gasteiger partial charge is 0.356 e. The van der Waals surface area contributed by atoms with E-state index in [-0.39, 0.29) is 22.2 Å². The van der Waals surface area contributed by atoms with Crippen molar-refractivity contribution in [1.82, 2.24) is 9.38 Å². The summed E-state index contributed by atoms with van der Waals surface area (Å²) < 4.78 is 14.7. The second kappa shape index (κ2) is 5.06. The van der Waals surface area contributed by atoms with Crippen LogP contribution in [0.1, 0.15) is 10.5 Å². The van der Waals surface area contributed by atoms with Gasteiger partial charge in [0.25, 0.3) is 0 Å². The van der Waals surface area contributed by atoms with E-state index in [1.807, 2.05) is 0 Å². The van der Waals surface area contributed by atoms with Crippen molar-refractivity contribution in [2.75, 3.05) is 5.32 Å². The zero-order valence-corrected chi connectivity index (χ0v) is 11.3. The number of aromatic nitrogens is 2. The highest BCUT2D eigenvalue weighted by Gasteiger charge is 2.19. The van der Waals surface area contributed by atoms with Crippen LogP contribution < -0.4 is 5.32 Å². The third-order valence-corrected chi connectivity index (χ3v) is 3.24. The largest absolute Gasteiger partial charge is 0.476 e. The van der Waals surface area contributed by atoms with E-state index in [1.165, 1.54) is 22.6 Å². The molecule has 3 rings (SSSR count). The van der Waals surface area contributed by atoms with Gasteiger partial charge in [-0.25, -0.2) is 14.2 Å². The van der Waals surface area contributed by atoms with Crippen LogP contribution >= 0.6 is 11.6 Å². The summed E-state index contributed by atoms with van der Waals surface area (Å²) in [7, 11) is 0. The van der Waals surface area contributed by atoms with Crippen molar-refractivity contribution in [2.24, 2.45) is 0 Å². The summed E-state index contributed by atoms with van der Waals surface area (Å²) in [5.74, 6) is -1.53. The van der Waals surface area contributed by atoms with E-state index in [4.69, 9.17) is 11.6 Å². The van der Waals surface area contributed by atoms with Crippen molar-refractivity contribution >= 4 is 34.7 Å². The number of halogens is 2. The van der Waals surface area contributed by atoms with E-state index in [2.05, 4.69) is 10.3 Å². The maximum atomic E-state index is 13.3. The molecule has 0 amide bonds. The number of benzene rings is 1. The zero-order valence-electron chi connectivity index (χ0n) is 10.5. The second-order valence-electron chi connectivity index (χ2n) is 4.29. The standard InChI is InChI=1S/C14H9ClFN3O2/c15-9-5-4-8(16)7-10(9)17-13-12(14(20)21)19-6-2-1-3-11(19)18-13/h1-7,17H,(H,20,21). The van der Waals surface area contributed by atoms with Crippen LogP contribution in [0.15, 0.2) is 42.6 Å². The predicted octanol–water partition coefficient (Wildman–Crippen LogP) is 3.57. The number of aromatic carboxylic acids is 1. The average molecular weight is 306 g/mol. The first kappa shape index (κ1) is 13.4. The van der Waals surface area contributed by atoms with Gasteiger partial charge in [0.15, 0.2) is 11.5 Å². The number of nitrogens with one attached hydrogen (secondary N) is 1. The van der Waals surface area contributed by atoms with E-state index in [9.17, 15) is 14.3 Å². The van der Waals surface area contributed by atoms with Gasteiger partial charge in [-0.05, 0) is 30.3 Å². The SMILES string of the molecule is O=C(O)c1c(Nc2cc(F)ccc2Cl)nc2ccccn12. The molecule has 106 valence electrons. The van der Waals surface area contributed by atoms with Gasteiger partial charge in [-0.2, -0.15) is 0 Å². The molecule has 1 aromatic carbocycles. The minimum absolute atomic E-state index is 0.0501. The van der Waals surface area contributed by atoms with Gasteiger partial charge in [-0.15, -0.1) is 0 Å². The Kier molecular flexibility index (Phi) is 3.23. The molecule has 0 saturated heterocycles. The molecule has 5 nitrogen and oxygen atoms in total. The monoisotopic (exact) mass is 305 g/mol. The Balaban J connectivity index is 2.14. The Morgan fingerprint density at radius 2 is 2.14 bits per heavy atom. The molecule has 0 spiro atoms. The molecule has 0 aliphatic heterocycles. The molecule has 0 bridgehead atoms. The number of fused-ring (bicyclic) bond motifs is 1. The topological polar surface area (TPSA) is 66.6 Å². The first-order valence-corrected chi connectivity index (χ1v) is 6.36. The first-order chi connectivity index (χ1) is 10.1. The molecular weight excluding hydrogens is 297 g/mol. The molecule has 7 heteroatoms. The lowest BCUT2D eigenvalue weighted by atomic mass is 10.3. The van der Waals surface area contributed by atoms with Crippen LogP contribution in [-0.4, -0.2) is 20.5 Å². The van der Waals surface area contributed by atoms with Gasteiger partial charge in [0.2, 0.25) is 0 Å².